The lowest BCUT2D eigenvalue weighted by molar-refractivity contribution is 0.175. The third-order valence-corrected chi connectivity index (χ3v) is 3.88. The molecule has 0 aliphatic heterocycles. The van der Waals surface area contributed by atoms with E-state index < -0.39 is 5.76 Å². The minimum Gasteiger partial charge on any atom is -0.408 e. The number of aliphatic hydroxyl groups is 1. The first-order valence-electron chi connectivity index (χ1n) is 6.09. The predicted molar refractivity (Wildman–Crippen MR) is 67.4 cm³/mol. The second-order valence-electron chi connectivity index (χ2n) is 5.01. The maximum absolute atomic E-state index is 11.1. The molecule has 5 nitrogen and oxygen atoms in total. The number of H-pyrrole nitrogens is 1. The quantitative estimate of drug-likeness (QED) is 0.758. The molecule has 2 aromatic rings. The summed E-state index contributed by atoms with van der Waals surface area (Å²) in [7, 11) is 1.89. The predicted octanol–water partition coefficient (Wildman–Crippen LogP) is 1.15. The van der Waals surface area contributed by atoms with Crippen LogP contribution in [0.4, 0.5) is 0 Å². The maximum atomic E-state index is 11.1. The van der Waals surface area contributed by atoms with Crippen LogP contribution in [-0.4, -0.2) is 23.7 Å². The zero-order valence-corrected chi connectivity index (χ0v) is 10.2. The highest BCUT2D eigenvalue weighted by Crippen LogP contribution is 2.54. The molecule has 3 N–H and O–H groups in total. The first kappa shape index (κ1) is 11.5. The molecule has 1 aromatic heterocycles. The molecule has 1 fully saturated rings. The minimum absolute atomic E-state index is 0.0491. The summed E-state index contributed by atoms with van der Waals surface area (Å²) in [4.78, 5) is 13.8. The Balaban J connectivity index is 2.04. The van der Waals surface area contributed by atoms with Crippen molar-refractivity contribution in [1.82, 2.24) is 10.3 Å². The highest BCUT2D eigenvalue weighted by atomic mass is 16.4. The van der Waals surface area contributed by atoms with Gasteiger partial charge in [-0.05, 0) is 37.6 Å². The Morgan fingerprint density at radius 3 is 2.94 bits per heavy atom. The van der Waals surface area contributed by atoms with Gasteiger partial charge in [-0.25, -0.2) is 4.79 Å². The molecule has 18 heavy (non-hydrogen) atoms. The van der Waals surface area contributed by atoms with Crippen LogP contribution < -0.4 is 11.1 Å². The summed E-state index contributed by atoms with van der Waals surface area (Å²) in [6.07, 6.45) is 2.05. The number of aliphatic hydroxyl groups excluding tert-OH is 1. The van der Waals surface area contributed by atoms with Gasteiger partial charge in [0.05, 0.1) is 12.1 Å². The Morgan fingerprint density at radius 1 is 1.56 bits per heavy atom. The summed E-state index contributed by atoms with van der Waals surface area (Å²) in [5.74, 6) is -0.438. The number of fused-ring (bicyclic) bond motifs is 1. The second kappa shape index (κ2) is 3.96. The van der Waals surface area contributed by atoms with Gasteiger partial charge in [-0.1, -0.05) is 6.07 Å². The summed E-state index contributed by atoms with van der Waals surface area (Å²) in [6.45, 7) is 0.179. The fraction of sp³-hybridized carbons (Fsp3) is 0.462. The number of nitrogens with one attached hydrogen (secondary N) is 2. The summed E-state index contributed by atoms with van der Waals surface area (Å²) in [6, 6.07) is 5.75. The van der Waals surface area contributed by atoms with Crippen molar-refractivity contribution in [3.63, 3.8) is 0 Å². The molecule has 0 radical (unpaired) electrons. The van der Waals surface area contributed by atoms with E-state index in [-0.39, 0.29) is 18.1 Å². The Morgan fingerprint density at radius 2 is 2.33 bits per heavy atom. The smallest absolute Gasteiger partial charge is 0.408 e. The molecule has 0 saturated heterocycles. The van der Waals surface area contributed by atoms with Crippen LogP contribution in [0, 0.1) is 5.41 Å². The van der Waals surface area contributed by atoms with Crippen molar-refractivity contribution in [3.05, 3.63) is 34.3 Å². The number of hydrogen-bond acceptors (Lipinski definition) is 4. The summed E-state index contributed by atoms with van der Waals surface area (Å²) in [5.41, 5.74) is 2.28. The molecule has 0 spiro atoms. The van der Waals surface area contributed by atoms with Crippen LogP contribution in [0.3, 0.4) is 0 Å². The molecule has 1 aliphatic rings. The van der Waals surface area contributed by atoms with Crippen LogP contribution in [0.15, 0.2) is 27.4 Å². The molecule has 1 unspecified atom stereocenters. The molecule has 0 bridgehead atoms. The Labute approximate surface area is 104 Å². The van der Waals surface area contributed by atoms with Crippen molar-refractivity contribution in [2.24, 2.45) is 5.41 Å². The van der Waals surface area contributed by atoms with Crippen molar-refractivity contribution in [3.8, 4) is 0 Å². The van der Waals surface area contributed by atoms with Crippen LogP contribution in [0.1, 0.15) is 24.4 Å². The number of oxazole rings is 1. The molecular weight excluding hydrogens is 232 g/mol. The summed E-state index contributed by atoms with van der Waals surface area (Å²) >= 11 is 0. The zero-order valence-electron chi connectivity index (χ0n) is 10.2. The third-order valence-electron chi connectivity index (χ3n) is 3.88. The fourth-order valence-electron chi connectivity index (χ4n) is 2.67. The van der Waals surface area contributed by atoms with Crippen molar-refractivity contribution < 1.29 is 9.52 Å². The van der Waals surface area contributed by atoms with Gasteiger partial charge >= 0.3 is 5.76 Å². The van der Waals surface area contributed by atoms with Gasteiger partial charge in [0, 0.05) is 11.5 Å². The zero-order chi connectivity index (χ0) is 12.8. The number of benzene rings is 1. The lowest BCUT2D eigenvalue weighted by atomic mass is 9.90. The second-order valence-corrected chi connectivity index (χ2v) is 5.01. The van der Waals surface area contributed by atoms with Crippen LogP contribution in [0.25, 0.3) is 11.1 Å². The Bertz CT molecular complexity index is 624. The SMILES string of the molecule is CNC(c1ccc2oc(=O)[nH]c2c1)C1(CO)CC1. The van der Waals surface area contributed by atoms with Crippen LogP contribution in [-0.2, 0) is 0 Å². The molecule has 5 heteroatoms. The van der Waals surface area contributed by atoms with Gasteiger partial charge in [-0.3, -0.25) is 4.98 Å². The number of hydrogen-bond donors (Lipinski definition) is 3. The topological polar surface area (TPSA) is 78.3 Å². The highest BCUT2D eigenvalue weighted by molar-refractivity contribution is 5.73. The van der Waals surface area contributed by atoms with E-state index in [4.69, 9.17) is 4.42 Å². The lowest BCUT2D eigenvalue weighted by Gasteiger charge is -2.25. The van der Waals surface area contributed by atoms with Crippen LogP contribution in [0.2, 0.25) is 0 Å². The molecule has 1 atom stereocenters. The summed E-state index contributed by atoms with van der Waals surface area (Å²) in [5, 5.41) is 12.8. The van der Waals surface area contributed by atoms with E-state index in [1.807, 2.05) is 19.2 Å². The van der Waals surface area contributed by atoms with Crippen molar-refractivity contribution in [1.29, 1.82) is 0 Å². The fourth-order valence-corrected chi connectivity index (χ4v) is 2.67. The first-order chi connectivity index (χ1) is 8.68. The van der Waals surface area contributed by atoms with E-state index in [1.165, 1.54) is 0 Å². The third kappa shape index (κ3) is 1.67. The Hall–Kier alpha value is -1.59. The van der Waals surface area contributed by atoms with E-state index in [0.29, 0.717) is 11.1 Å². The summed E-state index contributed by atoms with van der Waals surface area (Å²) < 4.78 is 4.98. The number of rotatable bonds is 4. The highest BCUT2D eigenvalue weighted by Gasteiger charge is 2.48. The van der Waals surface area contributed by atoms with E-state index in [1.54, 1.807) is 6.07 Å². The average molecular weight is 248 g/mol. The number of aromatic nitrogens is 1. The Kier molecular flexibility index (Phi) is 2.53. The van der Waals surface area contributed by atoms with Gasteiger partial charge in [-0.2, -0.15) is 0 Å². The largest absolute Gasteiger partial charge is 0.417 e. The van der Waals surface area contributed by atoms with Crippen molar-refractivity contribution >= 4 is 11.1 Å². The monoisotopic (exact) mass is 248 g/mol. The van der Waals surface area contributed by atoms with E-state index >= 15 is 0 Å². The molecule has 1 aliphatic carbocycles. The molecule has 1 aromatic carbocycles. The molecule has 0 amide bonds. The van der Waals surface area contributed by atoms with Crippen molar-refractivity contribution in [2.75, 3.05) is 13.7 Å². The molecule has 96 valence electrons. The molecule has 1 heterocycles. The van der Waals surface area contributed by atoms with E-state index in [2.05, 4.69) is 10.3 Å². The standard InChI is InChI=1S/C13H16N2O3/c1-14-11(13(7-16)4-5-13)8-2-3-10-9(6-8)15-12(17)18-10/h2-3,6,11,14,16H,4-5,7H2,1H3,(H,15,17). The maximum Gasteiger partial charge on any atom is 0.417 e. The molecular formula is C13H16N2O3. The van der Waals surface area contributed by atoms with E-state index in [9.17, 15) is 9.90 Å². The van der Waals surface area contributed by atoms with Gasteiger partial charge in [-0.15, -0.1) is 0 Å². The molecule has 1 saturated carbocycles. The molecule has 3 rings (SSSR count). The van der Waals surface area contributed by atoms with Gasteiger partial charge in [0.15, 0.2) is 5.58 Å². The van der Waals surface area contributed by atoms with Gasteiger partial charge in [0.1, 0.15) is 0 Å². The minimum atomic E-state index is -0.438. The van der Waals surface area contributed by atoms with E-state index in [0.717, 1.165) is 18.4 Å². The van der Waals surface area contributed by atoms with Crippen molar-refractivity contribution in [2.45, 2.75) is 18.9 Å². The normalized spacial score (nSPS) is 19.0. The first-order valence-corrected chi connectivity index (χ1v) is 6.09. The number of aromatic amines is 1. The lowest BCUT2D eigenvalue weighted by Crippen LogP contribution is -2.29. The van der Waals surface area contributed by atoms with Gasteiger partial charge in [0.25, 0.3) is 0 Å². The van der Waals surface area contributed by atoms with Gasteiger partial charge in [0.2, 0.25) is 0 Å². The van der Waals surface area contributed by atoms with Gasteiger partial charge < -0.3 is 14.8 Å². The van der Waals surface area contributed by atoms with Crippen LogP contribution >= 0.6 is 0 Å². The van der Waals surface area contributed by atoms with Crippen LogP contribution in [0.5, 0.6) is 0 Å². The average Bonchev–Trinajstić information content (AvgIpc) is 3.05.